The van der Waals surface area contributed by atoms with Crippen molar-refractivity contribution in [1.82, 2.24) is 14.9 Å². The van der Waals surface area contributed by atoms with E-state index in [1.807, 2.05) is 15.2 Å². The van der Waals surface area contributed by atoms with Crippen molar-refractivity contribution >= 4 is 41.1 Å². The summed E-state index contributed by atoms with van der Waals surface area (Å²) in [5.41, 5.74) is 2.53. The van der Waals surface area contributed by atoms with Crippen LogP contribution in [0.1, 0.15) is 28.6 Å². The summed E-state index contributed by atoms with van der Waals surface area (Å²) in [6.07, 6.45) is -2.01. The molecule has 1 amide bonds. The molecule has 28 heteroatoms. The molecular weight excluding hydrogens is 721 g/mol. The van der Waals surface area contributed by atoms with Gasteiger partial charge in [0.05, 0.1) is 18.3 Å². The Kier molecular flexibility index (Phi) is 11.9. The molecule has 0 aliphatic carbocycles. The number of phosphoric ester groups is 1. The van der Waals surface area contributed by atoms with Crippen LogP contribution in [0.4, 0.5) is 23.2 Å². The van der Waals surface area contributed by atoms with Gasteiger partial charge in [-0.15, -0.1) is 0 Å². The van der Waals surface area contributed by atoms with Gasteiger partial charge in [-0.25, -0.2) is 36.1 Å². The number of hydrogen-bond acceptors (Lipinski definition) is 12. The highest BCUT2D eigenvalue weighted by molar-refractivity contribution is 7.66. The predicted molar refractivity (Wildman–Crippen MR) is 142 cm³/mol. The monoisotopic (exact) mass is 740 g/mol. The molecule has 1 fully saturated rings. The second-order valence-corrected chi connectivity index (χ2v) is 13.3. The molecule has 3 rings (SSSR count). The second-order valence-electron chi connectivity index (χ2n) is 8.85. The van der Waals surface area contributed by atoms with E-state index < -0.39 is 113 Å². The Bertz CT molecular complexity index is 1880. The second kappa shape index (κ2) is 14.7. The normalized spacial score (nSPS) is 20.8. The van der Waals surface area contributed by atoms with Gasteiger partial charge in [0.15, 0.2) is 23.3 Å². The Morgan fingerprint density at radius 3 is 2.30 bits per heavy atom. The molecule has 1 aromatic carbocycles. The predicted octanol–water partition coefficient (Wildman–Crippen LogP) is 1.47. The third kappa shape index (κ3) is 9.75. The lowest BCUT2D eigenvalue weighted by Gasteiger charge is -2.19. The lowest BCUT2D eigenvalue weighted by atomic mass is 10.1. The highest BCUT2D eigenvalue weighted by Gasteiger charge is 2.43. The molecule has 2 aromatic rings. The maximum absolute atomic E-state index is 14.2. The Hall–Kier alpha value is -3.53. The zero-order chi connectivity index (χ0) is 35.5. The molecule has 1 saturated heterocycles. The van der Waals surface area contributed by atoms with Crippen molar-refractivity contribution in [3.8, 4) is 0 Å². The number of aliphatic hydroxyl groups excluding tert-OH is 1. The smallest absolute Gasteiger partial charge is 0.390 e. The molecular formula is C19H19F4N6O15P3. The number of nitrogens with one attached hydrogen (secondary N) is 2. The molecule has 7 N–H and O–H groups in total. The molecule has 258 valence electrons. The Labute approximate surface area is 256 Å². The van der Waals surface area contributed by atoms with Crippen LogP contribution >= 0.6 is 23.5 Å². The summed E-state index contributed by atoms with van der Waals surface area (Å²) in [7, 11) is -17.1. The van der Waals surface area contributed by atoms with Gasteiger partial charge in [-0.05, 0) is 5.53 Å². The van der Waals surface area contributed by atoms with Crippen LogP contribution in [0.5, 0.6) is 0 Å². The van der Waals surface area contributed by atoms with Crippen molar-refractivity contribution in [2.75, 3.05) is 13.2 Å². The number of aliphatic hydroxyl groups is 1. The molecule has 1 aromatic heterocycles. The average molecular weight is 740 g/mol. The molecule has 0 spiro atoms. The van der Waals surface area contributed by atoms with Crippen LogP contribution in [0.2, 0.25) is 0 Å². The lowest BCUT2D eigenvalue weighted by molar-refractivity contribution is -0.0450. The summed E-state index contributed by atoms with van der Waals surface area (Å²) in [5, 5.41) is 14.6. The van der Waals surface area contributed by atoms with Crippen molar-refractivity contribution in [2.24, 2.45) is 5.11 Å². The maximum Gasteiger partial charge on any atom is 0.490 e. The fraction of sp³-hybridized carbons (Fsp3) is 0.316. The molecule has 0 saturated carbocycles. The quantitative estimate of drug-likeness (QED) is 0.0382. The first kappa shape index (κ1) is 37.9. The van der Waals surface area contributed by atoms with Crippen LogP contribution in [-0.2, 0) is 31.6 Å². The summed E-state index contributed by atoms with van der Waals surface area (Å²) >= 11 is 0. The van der Waals surface area contributed by atoms with Gasteiger partial charge < -0.3 is 34.7 Å². The highest BCUT2D eigenvalue weighted by Crippen LogP contribution is 2.66. The molecule has 2 heterocycles. The minimum atomic E-state index is -5.83. The number of rotatable bonds is 13. The molecule has 1 aliphatic rings. The average Bonchev–Trinajstić information content (AvgIpc) is 3.30. The number of halogens is 4. The number of amides is 1. The summed E-state index contributed by atoms with van der Waals surface area (Å²) in [4.78, 5) is 76.6. The summed E-state index contributed by atoms with van der Waals surface area (Å²) in [6.45, 7) is -1.67. The first-order chi connectivity index (χ1) is 21.7. The van der Waals surface area contributed by atoms with Gasteiger partial charge in [-0.1, -0.05) is 17.3 Å². The largest absolute Gasteiger partial charge is 0.490 e. The minimum Gasteiger partial charge on any atom is -0.390 e. The summed E-state index contributed by atoms with van der Waals surface area (Å²) < 4.78 is 108. The molecule has 0 radical (unpaired) electrons. The molecule has 0 bridgehead atoms. The molecule has 21 nitrogen and oxygen atoms in total. The van der Waals surface area contributed by atoms with E-state index in [1.165, 1.54) is 0 Å². The van der Waals surface area contributed by atoms with Gasteiger partial charge in [0.1, 0.15) is 23.6 Å². The first-order valence-electron chi connectivity index (χ1n) is 12.0. The van der Waals surface area contributed by atoms with Gasteiger partial charge in [-0.2, -0.15) is 8.62 Å². The zero-order valence-electron chi connectivity index (χ0n) is 22.5. The number of phosphoric acid groups is 3. The number of aromatic nitrogens is 2. The van der Waals surface area contributed by atoms with Gasteiger partial charge in [0.25, 0.3) is 11.5 Å². The van der Waals surface area contributed by atoms with Crippen molar-refractivity contribution in [3.05, 3.63) is 77.9 Å². The molecule has 47 heavy (non-hydrogen) atoms. The third-order valence-corrected chi connectivity index (χ3v) is 9.42. The van der Waals surface area contributed by atoms with E-state index in [4.69, 9.17) is 20.1 Å². The van der Waals surface area contributed by atoms with Crippen LogP contribution in [0, 0.1) is 23.3 Å². The number of H-pyrrole nitrogens is 1. The van der Waals surface area contributed by atoms with Crippen LogP contribution in [-0.4, -0.2) is 65.5 Å². The van der Waals surface area contributed by atoms with Gasteiger partial charge in [0.2, 0.25) is 0 Å². The zero-order valence-corrected chi connectivity index (χ0v) is 25.2. The lowest BCUT2D eigenvalue weighted by Crippen LogP contribution is -2.33. The molecule has 5 atom stereocenters. The van der Waals surface area contributed by atoms with Crippen LogP contribution in [0.15, 0.2) is 27.0 Å². The minimum absolute atomic E-state index is 0.318. The SMILES string of the molecule is [N-]=[N+]=Nc1c(F)c(F)c(C(=O)NC/C=C/c2cn([C@H]3C[C@H](O)[C@@H](COP(=O)(O)OP(=O)(O)OP(=O)(O)O)O3)c(=O)[nH]c2=O)c(F)c1F. The number of ether oxygens (including phenoxy) is 1. The van der Waals surface area contributed by atoms with E-state index in [1.54, 1.807) is 0 Å². The fourth-order valence-corrected chi connectivity index (χ4v) is 6.75. The summed E-state index contributed by atoms with van der Waals surface area (Å²) in [5.74, 6) is -10.2. The van der Waals surface area contributed by atoms with E-state index in [0.29, 0.717) is 0 Å². The number of benzene rings is 1. The van der Waals surface area contributed by atoms with Crippen molar-refractivity contribution in [3.63, 3.8) is 0 Å². The van der Waals surface area contributed by atoms with E-state index in [9.17, 15) is 60.5 Å². The van der Waals surface area contributed by atoms with Gasteiger partial charge in [-0.3, -0.25) is 23.7 Å². The van der Waals surface area contributed by atoms with Crippen molar-refractivity contribution < 1.29 is 78.6 Å². The highest BCUT2D eigenvalue weighted by atomic mass is 31.3. The first-order valence-corrected chi connectivity index (χ1v) is 16.5. The maximum atomic E-state index is 14.2. The van der Waals surface area contributed by atoms with E-state index in [0.717, 1.165) is 22.9 Å². The number of carbonyl (C=O) groups excluding carboxylic acids is 1. The number of carbonyl (C=O) groups is 1. The molecule has 2 unspecified atom stereocenters. The third-order valence-electron chi connectivity index (χ3n) is 5.62. The van der Waals surface area contributed by atoms with Crippen LogP contribution < -0.4 is 16.6 Å². The van der Waals surface area contributed by atoms with Crippen molar-refractivity contribution in [2.45, 2.75) is 24.9 Å². The molecule has 1 aliphatic heterocycles. The Morgan fingerprint density at radius 1 is 1.11 bits per heavy atom. The van der Waals surface area contributed by atoms with Gasteiger partial charge in [0, 0.05) is 24.1 Å². The van der Waals surface area contributed by atoms with Crippen molar-refractivity contribution in [1.29, 1.82) is 0 Å². The number of aromatic amines is 1. The van der Waals surface area contributed by atoms with E-state index in [2.05, 4.69) is 18.3 Å². The number of nitrogens with zero attached hydrogens (tertiary/aromatic N) is 4. The van der Waals surface area contributed by atoms with Crippen LogP contribution in [0.3, 0.4) is 0 Å². The number of azide groups is 1. The van der Waals surface area contributed by atoms with E-state index >= 15 is 0 Å². The standard InChI is InChI=1S/C19H19F4N6O15P3/c20-12-11(13(21)15(23)16(14(12)22)27-28-24)18(32)25-3-1-2-7-5-29(19(33)26-17(7)31)10-4-8(30)9(42-10)6-41-46(37,38)44-47(39,40)43-45(34,35)36/h1-2,5,8-10,30H,3-4,6H2,(H,25,32)(H,37,38)(H,39,40)(H,26,31,33)(H2,34,35,36)/b2-1+/t8-,9+,10+/m0/s1. The Morgan fingerprint density at radius 2 is 1.72 bits per heavy atom. The van der Waals surface area contributed by atoms with Crippen LogP contribution in [0.25, 0.3) is 16.5 Å². The summed E-state index contributed by atoms with van der Waals surface area (Å²) in [6, 6.07) is 0. The fourth-order valence-electron chi connectivity index (χ4n) is 3.72. The Balaban J connectivity index is 1.68. The van der Waals surface area contributed by atoms with E-state index in [-0.39, 0.29) is 5.56 Å². The van der Waals surface area contributed by atoms with Gasteiger partial charge >= 0.3 is 29.2 Å². The topological polar surface area (TPSA) is 322 Å². The number of hydrogen-bond donors (Lipinski definition) is 7.